The van der Waals surface area contributed by atoms with Gasteiger partial charge in [-0.05, 0) is 50.7 Å². The average molecular weight is 264 g/mol. The number of hydrogen-bond donors (Lipinski definition) is 1. The summed E-state index contributed by atoms with van der Waals surface area (Å²) in [6.45, 7) is 7.37. The van der Waals surface area contributed by atoms with Gasteiger partial charge >= 0.3 is 0 Å². The molecule has 19 heavy (non-hydrogen) atoms. The number of para-hydroxylation sites is 1. The van der Waals surface area contributed by atoms with Crippen molar-refractivity contribution in [3.63, 3.8) is 0 Å². The van der Waals surface area contributed by atoms with E-state index in [-0.39, 0.29) is 11.9 Å². The van der Waals surface area contributed by atoms with Crippen molar-refractivity contribution in [3.8, 4) is 0 Å². The summed E-state index contributed by atoms with van der Waals surface area (Å²) in [5.74, 6) is 0.496. The molecule has 1 aliphatic rings. The van der Waals surface area contributed by atoms with Crippen LogP contribution < -0.4 is 10.6 Å². The molecule has 0 spiro atoms. The van der Waals surface area contributed by atoms with Crippen LogP contribution in [0.5, 0.6) is 0 Å². The van der Waals surface area contributed by atoms with Crippen LogP contribution in [0, 0.1) is 11.7 Å². The van der Waals surface area contributed by atoms with Gasteiger partial charge in [0.05, 0.1) is 5.69 Å². The molecule has 2 rings (SSSR count). The van der Waals surface area contributed by atoms with Crippen molar-refractivity contribution >= 4 is 5.69 Å². The standard InChI is InChI=1S/C16H25FN2/c1-11-6-5-9-19(13(11)3)16-14(10-12(2)18)7-4-8-15(16)17/h4,7-8,11-13H,5-6,9-10,18H2,1-3H3. The minimum absolute atomic E-state index is 0.0538. The summed E-state index contributed by atoms with van der Waals surface area (Å²) >= 11 is 0. The number of halogens is 1. The van der Waals surface area contributed by atoms with Gasteiger partial charge in [0.1, 0.15) is 5.82 Å². The zero-order chi connectivity index (χ0) is 14.0. The molecule has 1 aromatic carbocycles. The lowest BCUT2D eigenvalue weighted by Gasteiger charge is -2.40. The largest absolute Gasteiger partial charge is 0.366 e. The monoisotopic (exact) mass is 264 g/mol. The Labute approximate surface area is 115 Å². The maximum atomic E-state index is 14.3. The first-order valence-electron chi connectivity index (χ1n) is 7.30. The van der Waals surface area contributed by atoms with Crippen molar-refractivity contribution in [1.29, 1.82) is 0 Å². The number of nitrogens with two attached hydrogens (primary N) is 1. The molecule has 0 aliphatic carbocycles. The lowest BCUT2D eigenvalue weighted by atomic mass is 9.90. The highest BCUT2D eigenvalue weighted by molar-refractivity contribution is 5.56. The van der Waals surface area contributed by atoms with Crippen LogP contribution in [-0.2, 0) is 6.42 Å². The normalized spacial score (nSPS) is 25.4. The van der Waals surface area contributed by atoms with Crippen LogP contribution in [0.25, 0.3) is 0 Å². The molecule has 0 bridgehead atoms. The van der Waals surface area contributed by atoms with Gasteiger partial charge in [-0.25, -0.2) is 4.39 Å². The topological polar surface area (TPSA) is 29.3 Å². The molecule has 3 atom stereocenters. The fraction of sp³-hybridized carbons (Fsp3) is 0.625. The van der Waals surface area contributed by atoms with E-state index in [0.717, 1.165) is 30.6 Å². The summed E-state index contributed by atoms with van der Waals surface area (Å²) in [6, 6.07) is 5.80. The Morgan fingerprint density at radius 2 is 2.16 bits per heavy atom. The van der Waals surface area contributed by atoms with Crippen LogP contribution >= 0.6 is 0 Å². The Balaban J connectivity index is 2.36. The Kier molecular flexibility index (Phi) is 4.46. The van der Waals surface area contributed by atoms with E-state index >= 15 is 0 Å². The SMILES string of the molecule is CC(N)Cc1cccc(F)c1N1CCCC(C)C1C. The van der Waals surface area contributed by atoms with E-state index in [1.54, 1.807) is 12.1 Å². The quantitative estimate of drug-likeness (QED) is 0.907. The summed E-state index contributed by atoms with van der Waals surface area (Å²) in [5, 5.41) is 0. The summed E-state index contributed by atoms with van der Waals surface area (Å²) in [6.07, 6.45) is 3.09. The van der Waals surface area contributed by atoms with Gasteiger partial charge in [-0.2, -0.15) is 0 Å². The van der Waals surface area contributed by atoms with Crippen molar-refractivity contribution in [1.82, 2.24) is 0 Å². The van der Waals surface area contributed by atoms with E-state index in [1.165, 1.54) is 6.42 Å². The minimum Gasteiger partial charge on any atom is -0.366 e. The number of rotatable bonds is 3. The Bertz CT molecular complexity index is 431. The molecule has 1 heterocycles. The zero-order valence-electron chi connectivity index (χ0n) is 12.2. The Hall–Kier alpha value is -1.09. The second kappa shape index (κ2) is 5.91. The first kappa shape index (κ1) is 14.3. The van der Waals surface area contributed by atoms with Gasteiger partial charge in [-0.1, -0.05) is 19.1 Å². The van der Waals surface area contributed by atoms with Crippen molar-refractivity contribution in [2.24, 2.45) is 11.7 Å². The fourth-order valence-corrected chi connectivity index (χ4v) is 3.04. The molecule has 0 saturated carbocycles. The van der Waals surface area contributed by atoms with E-state index in [9.17, 15) is 4.39 Å². The number of piperidine rings is 1. The number of nitrogens with zero attached hydrogens (tertiary/aromatic N) is 1. The molecular weight excluding hydrogens is 239 g/mol. The van der Waals surface area contributed by atoms with Gasteiger partial charge < -0.3 is 10.6 Å². The van der Waals surface area contributed by atoms with E-state index in [4.69, 9.17) is 5.73 Å². The van der Waals surface area contributed by atoms with Gasteiger partial charge in [0.25, 0.3) is 0 Å². The molecule has 2 nitrogen and oxygen atoms in total. The van der Waals surface area contributed by atoms with Gasteiger partial charge in [0.2, 0.25) is 0 Å². The molecule has 1 saturated heterocycles. The zero-order valence-corrected chi connectivity index (χ0v) is 12.2. The van der Waals surface area contributed by atoms with Crippen LogP contribution in [-0.4, -0.2) is 18.6 Å². The molecule has 0 radical (unpaired) electrons. The van der Waals surface area contributed by atoms with E-state index < -0.39 is 0 Å². The maximum absolute atomic E-state index is 14.3. The van der Waals surface area contributed by atoms with Crippen molar-refractivity contribution in [3.05, 3.63) is 29.6 Å². The van der Waals surface area contributed by atoms with Gasteiger partial charge in [-0.15, -0.1) is 0 Å². The predicted molar refractivity (Wildman–Crippen MR) is 79.0 cm³/mol. The number of benzene rings is 1. The number of hydrogen-bond acceptors (Lipinski definition) is 2. The van der Waals surface area contributed by atoms with E-state index in [1.807, 2.05) is 13.0 Å². The third kappa shape index (κ3) is 3.08. The third-order valence-corrected chi connectivity index (χ3v) is 4.27. The summed E-state index contributed by atoms with van der Waals surface area (Å²) in [7, 11) is 0. The van der Waals surface area contributed by atoms with Crippen LogP contribution in [0.3, 0.4) is 0 Å². The van der Waals surface area contributed by atoms with Gasteiger partial charge in [0, 0.05) is 18.6 Å². The Morgan fingerprint density at radius 1 is 1.42 bits per heavy atom. The first-order valence-corrected chi connectivity index (χ1v) is 7.30. The molecule has 0 aromatic heterocycles. The van der Waals surface area contributed by atoms with Crippen LogP contribution in [0.2, 0.25) is 0 Å². The molecule has 3 heteroatoms. The van der Waals surface area contributed by atoms with Crippen LogP contribution in [0.1, 0.15) is 39.2 Å². The maximum Gasteiger partial charge on any atom is 0.146 e. The van der Waals surface area contributed by atoms with Crippen molar-refractivity contribution < 1.29 is 4.39 Å². The molecular formula is C16H25FN2. The van der Waals surface area contributed by atoms with Gasteiger partial charge in [0.15, 0.2) is 0 Å². The van der Waals surface area contributed by atoms with Crippen LogP contribution in [0.4, 0.5) is 10.1 Å². The summed E-state index contributed by atoms with van der Waals surface area (Å²) < 4.78 is 14.3. The van der Waals surface area contributed by atoms with Crippen molar-refractivity contribution in [2.75, 3.05) is 11.4 Å². The minimum atomic E-state index is -0.112. The second-order valence-electron chi connectivity index (χ2n) is 5.98. The smallest absolute Gasteiger partial charge is 0.146 e. The molecule has 1 fully saturated rings. The van der Waals surface area contributed by atoms with Crippen molar-refractivity contribution in [2.45, 2.75) is 52.1 Å². The highest BCUT2D eigenvalue weighted by Crippen LogP contribution is 2.33. The molecule has 106 valence electrons. The second-order valence-corrected chi connectivity index (χ2v) is 5.98. The third-order valence-electron chi connectivity index (χ3n) is 4.27. The number of anilines is 1. The summed E-state index contributed by atoms with van der Waals surface area (Å²) in [5.41, 5.74) is 7.71. The molecule has 1 aromatic rings. The van der Waals surface area contributed by atoms with E-state index in [2.05, 4.69) is 18.7 Å². The highest BCUT2D eigenvalue weighted by Gasteiger charge is 2.28. The lowest BCUT2D eigenvalue weighted by Crippen LogP contribution is -2.43. The highest BCUT2D eigenvalue weighted by atomic mass is 19.1. The molecule has 3 unspecified atom stereocenters. The summed E-state index contributed by atoms with van der Waals surface area (Å²) in [4.78, 5) is 2.24. The van der Waals surface area contributed by atoms with Gasteiger partial charge in [-0.3, -0.25) is 0 Å². The first-order chi connectivity index (χ1) is 9.00. The predicted octanol–water partition coefficient (Wildman–Crippen LogP) is 3.34. The Morgan fingerprint density at radius 3 is 2.84 bits per heavy atom. The molecule has 0 amide bonds. The average Bonchev–Trinajstić information content (AvgIpc) is 2.33. The lowest BCUT2D eigenvalue weighted by molar-refractivity contribution is 0.359. The molecule has 1 aliphatic heterocycles. The molecule has 2 N–H and O–H groups in total. The van der Waals surface area contributed by atoms with Crippen LogP contribution in [0.15, 0.2) is 18.2 Å². The fourth-order valence-electron chi connectivity index (χ4n) is 3.04. The van der Waals surface area contributed by atoms with E-state index in [0.29, 0.717) is 12.0 Å².